The summed E-state index contributed by atoms with van der Waals surface area (Å²) in [5.41, 5.74) is 9.22. The number of rotatable bonds is 4. The molecule has 0 radical (unpaired) electrons. The molecule has 4 aromatic rings. The lowest BCUT2D eigenvalue weighted by atomic mass is 9.76. The first-order valence-electron chi connectivity index (χ1n) is 13.2. The highest BCUT2D eigenvalue weighted by molar-refractivity contribution is 6.04. The van der Waals surface area contributed by atoms with Gasteiger partial charge in [-0.05, 0) is 67.3 Å². The summed E-state index contributed by atoms with van der Waals surface area (Å²) in [6.45, 7) is 7.07. The molecule has 184 valence electrons. The first-order valence-corrected chi connectivity index (χ1v) is 13.2. The summed E-state index contributed by atoms with van der Waals surface area (Å²) in [6, 6.07) is 33.1. The number of anilines is 1. The summed E-state index contributed by atoms with van der Waals surface area (Å²) in [5.74, 6) is 0. The number of para-hydroxylation sites is 1. The van der Waals surface area contributed by atoms with Crippen molar-refractivity contribution in [1.82, 2.24) is 0 Å². The lowest BCUT2D eigenvalue weighted by Crippen LogP contribution is -2.29. The minimum absolute atomic E-state index is 0.0684. The molecule has 1 atom stereocenters. The van der Waals surface area contributed by atoms with Crippen LogP contribution in [-0.2, 0) is 17.3 Å². The maximum Gasteiger partial charge on any atom is 0.210 e. The molecule has 0 N–H and O–H groups in total. The molecule has 0 aromatic heterocycles. The van der Waals surface area contributed by atoms with Gasteiger partial charge in [0, 0.05) is 41.6 Å². The molecule has 0 spiro atoms. The van der Waals surface area contributed by atoms with Crippen LogP contribution in [0, 0.1) is 0 Å². The fraction of sp³-hybridized carbons (Fsp3) is 0.229. The van der Waals surface area contributed by atoms with E-state index < -0.39 is 0 Å². The van der Waals surface area contributed by atoms with Crippen molar-refractivity contribution in [2.45, 2.75) is 38.0 Å². The minimum atomic E-state index is -0.0977. The molecule has 2 heteroatoms. The van der Waals surface area contributed by atoms with E-state index in [0.717, 1.165) is 6.42 Å². The molecule has 2 heterocycles. The quantitative estimate of drug-likeness (QED) is 0.267. The number of likely N-dealkylation sites (N-methyl/N-ethyl adjacent to an activating group) is 1. The lowest BCUT2D eigenvalue weighted by Gasteiger charge is -2.29. The summed E-state index contributed by atoms with van der Waals surface area (Å²) < 4.78 is 2.37. The van der Waals surface area contributed by atoms with Crippen molar-refractivity contribution in [1.29, 1.82) is 0 Å². The zero-order chi connectivity index (χ0) is 25.8. The maximum absolute atomic E-state index is 2.39. The molecule has 2 nitrogen and oxygen atoms in total. The van der Waals surface area contributed by atoms with Crippen LogP contribution in [0.4, 0.5) is 11.4 Å². The van der Waals surface area contributed by atoms with Crippen molar-refractivity contribution in [2.75, 3.05) is 19.0 Å². The Kier molecular flexibility index (Phi) is 5.45. The third-order valence-corrected chi connectivity index (χ3v) is 8.60. The van der Waals surface area contributed by atoms with Crippen molar-refractivity contribution in [3.63, 3.8) is 0 Å². The Morgan fingerprint density at radius 1 is 0.784 bits per heavy atom. The number of fused-ring (bicyclic) bond motifs is 3. The fourth-order valence-corrected chi connectivity index (χ4v) is 6.60. The van der Waals surface area contributed by atoms with Crippen LogP contribution in [-0.4, -0.2) is 24.4 Å². The highest BCUT2D eigenvalue weighted by atomic mass is 15.2. The molecular formula is C35H35N2+. The Labute approximate surface area is 220 Å². The van der Waals surface area contributed by atoms with Gasteiger partial charge in [0.2, 0.25) is 5.69 Å². The van der Waals surface area contributed by atoms with Gasteiger partial charge in [-0.1, -0.05) is 78.9 Å². The second kappa shape index (κ2) is 8.59. The molecule has 2 aliphatic heterocycles. The summed E-state index contributed by atoms with van der Waals surface area (Å²) in [7, 11) is 4.40. The van der Waals surface area contributed by atoms with Gasteiger partial charge in [-0.15, -0.1) is 0 Å². The van der Waals surface area contributed by atoms with Gasteiger partial charge in [-0.3, -0.25) is 0 Å². The molecular weight excluding hydrogens is 448 g/mol. The standard InChI is InChI=1S/C35H35N2/c1-34(2)29-22-26-16-9-10-17-27(26)23-31(29)37(5)32(34)20-13-21-33-35(3,24-25-14-7-6-8-15-25)28-18-11-12-19-30(28)36(33)4/h6-23H,24H2,1-5H3/q+1. The number of benzene rings is 4. The molecule has 37 heavy (non-hydrogen) atoms. The third-order valence-electron chi connectivity index (χ3n) is 8.60. The lowest BCUT2D eigenvalue weighted by molar-refractivity contribution is -0.401. The van der Waals surface area contributed by atoms with Gasteiger partial charge in [0.25, 0.3) is 0 Å². The first kappa shape index (κ1) is 23.5. The number of allylic oxidation sites excluding steroid dienone is 4. The largest absolute Gasteiger partial charge is 0.347 e. The predicted molar refractivity (Wildman–Crippen MR) is 157 cm³/mol. The van der Waals surface area contributed by atoms with Gasteiger partial charge >= 0.3 is 0 Å². The van der Waals surface area contributed by atoms with Crippen molar-refractivity contribution in [3.8, 4) is 0 Å². The molecule has 1 unspecified atom stereocenters. The third kappa shape index (κ3) is 3.66. The van der Waals surface area contributed by atoms with E-state index in [-0.39, 0.29) is 10.8 Å². The van der Waals surface area contributed by atoms with E-state index in [1.807, 2.05) is 0 Å². The van der Waals surface area contributed by atoms with Crippen LogP contribution >= 0.6 is 0 Å². The molecule has 0 aliphatic carbocycles. The van der Waals surface area contributed by atoms with Crippen molar-refractivity contribution >= 4 is 27.9 Å². The zero-order valence-electron chi connectivity index (χ0n) is 22.5. The van der Waals surface area contributed by atoms with Crippen LogP contribution in [0.1, 0.15) is 37.5 Å². The number of nitrogens with zero attached hydrogens (tertiary/aromatic N) is 2. The van der Waals surface area contributed by atoms with Gasteiger partial charge in [-0.2, -0.15) is 4.58 Å². The predicted octanol–water partition coefficient (Wildman–Crippen LogP) is 7.94. The SMILES string of the molecule is CN1C(=CC=CC2=[N+](C)c3cc4ccccc4cc3C2(C)C)C(C)(Cc2ccccc2)c2ccccc21. The van der Waals surface area contributed by atoms with Crippen molar-refractivity contribution in [2.24, 2.45) is 0 Å². The minimum Gasteiger partial charge on any atom is -0.347 e. The summed E-state index contributed by atoms with van der Waals surface area (Å²) >= 11 is 0. The van der Waals surface area contributed by atoms with Gasteiger partial charge in [0.05, 0.1) is 5.41 Å². The van der Waals surface area contributed by atoms with E-state index in [0.29, 0.717) is 0 Å². The summed E-state index contributed by atoms with van der Waals surface area (Å²) in [5, 5.41) is 2.59. The Bertz CT molecular complexity index is 1600. The second-order valence-corrected chi connectivity index (χ2v) is 11.3. The Morgan fingerprint density at radius 3 is 2.19 bits per heavy atom. The average Bonchev–Trinajstić information content (AvgIpc) is 3.22. The monoisotopic (exact) mass is 483 g/mol. The number of hydrogen-bond acceptors (Lipinski definition) is 1. The van der Waals surface area contributed by atoms with Crippen LogP contribution in [0.2, 0.25) is 0 Å². The van der Waals surface area contributed by atoms with Crippen LogP contribution < -0.4 is 4.90 Å². The van der Waals surface area contributed by atoms with E-state index in [1.165, 1.54) is 50.2 Å². The highest BCUT2D eigenvalue weighted by Gasteiger charge is 2.44. The smallest absolute Gasteiger partial charge is 0.210 e. The van der Waals surface area contributed by atoms with Crippen molar-refractivity contribution in [3.05, 3.63) is 132 Å². The maximum atomic E-state index is 2.39. The Hall–Kier alpha value is -3.91. The van der Waals surface area contributed by atoms with Crippen molar-refractivity contribution < 1.29 is 4.58 Å². The number of hydrogen-bond donors (Lipinski definition) is 0. The van der Waals surface area contributed by atoms with Gasteiger partial charge in [-0.25, -0.2) is 0 Å². The molecule has 0 amide bonds. The molecule has 0 saturated carbocycles. The molecule has 0 saturated heterocycles. The van der Waals surface area contributed by atoms with Crippen LogP contribution in [0.25, 0.3) is 10.8 Å². The first-order chi connectivity index (χ1) is 17.8. The van der Waals surface area contributed by atoms with E-state index in [2.05, 4.69) is 154 Å². The Morgan fingerprint density at radius 2 is 1.43 bits per heavy atom. The fourth-order valence-electron chi connectivity index (χ4n) is 6.60. The molecule has 0 fully saturated rings. The van der Waals surface area contributed by atoms with Gasteiger partial charge in [0.15, 0.2) is 5.71 Å². The van der Waals surface area contributed by atoms with Gasteiger partial charge < -0.3 is 4.90 Å². The van der Waals surface area contributed by atoms with E-state index in [9.17, 15) is 0 Å². The van der Waals surface area contributed by atoms with E-state index in [4.69, 9.17) is 0 Å². The molecule has 6 rings (SSSR count). The molecule has 0 bridgehead atoms. The van der Waals surface area contributed by atoms with E-state index in [1.54, 1.807) is 0 Å². The molecule has 2 aliphatic rings. The van der Waals surface area contributed by atoms with Crippen LogP contribution in [0.5, 0.6) is 0 Å². The second-order valence-electron chi connectivity index (χ2n) is 11.3. The van der Waals surface area contributed by atoms with Crippen LogP contribution in [0.3, 0.4) is 0 Å². The summed E-state index contributed by atoms with van der Waals surface area (Å²) in [6.07, 6.45) is 7.88. The highest BCUT2D eigenvalue weighted by Crippen LogP contribution is 2.49. The average molecular weight is 484 g/mol. The normalized spacial score (nSPS) is 21.3. The van der Waals surface area contributed by atoms with Crippen LogP contribution in [0.15, 0.2) is 115 Å². The Balaban J connectivity index is 1.40. The van der Waals surface area contributed by atoms with Gasteiger partial charge in [0.1, 0.15) is 7.05 Å². The zero-order valence-corrected chi connectivity index (χ0v) is 22.5. The van der Waals surface area contributed by atoms with E-state index >= 15 is 0 Å². The topological polar surface area (TPSA) is 6.25 Å². The molecule has 4 aromatic carbocycles. The summed E-state index contributed by atoms with van der Waals surface area (Å²) in [4.78, 5) is 2.37.